The van der Waals surface area contributed by atoms with Crippen molar-refractivity contribution in [2.24, 2.45) is 0 Å². The Labute approximate surface area is 88.1 Å². The van der Waals surface area contributed by atoms with Gasteiger partial charge in [0.25, 0.3) is 5.35 Å². The van der Waals surface area contributed by atoms with Crippen molar-refractivity contribution in [2.45, 2.75) is 0 Å². The van der Waals surface area contributed by atoms with Crippen LogP contribution >= 0.6 is 23.2 Å². The van der Waals surface area contributed by atoms with Crippen LogP contribution < -0.4 is 0 Å². The summed E-state index contributed by atoms with van der Waals surface area (Å²) in [6.07, 6.45) is 0. The lowest BCUT2D eigenvalue weighted by molar-refractivity contribution is 0.0699. The van der Waals surface area contributed by atoms with Crippen LogP contribution in [-0.2, 0) is 0 Å². The van der Waals surface area contributed by atoms with E-state index in [4.69, 9.17) is 32.7 Å². The number of benzene rings is 1. The lowest BCUT2D eigenvalue weighted by Crippen LogP contribution is -1.97. The van der Waals surface area contributed by atoms with E-state index in [2.05, 4.69) is 4.98 Å². The van der Waals surface area contributed by atoms with Gasteiger partial charge in [0.2, 0.25) is 0 Å². The number of carboxylic acids is 1. The van der Waals surface area contributed by atoms with E-state index in [0.29, 0.717) is 0 Å². The van der Waals surface area contributed by atoms with Crippen LogP contribution in [0, 0.1) is 0 Å². The summed E-state index contributed by atoms with van der Waals surface area (Å²) in [5, 5.41) is 8.99. The minimum Gasteiger partial charge on any atom is -0.478 e. The number of halogens is 2. The number of aromatic nitrogens is 1. The van der Waals surface area contributed by atoms with E-state index in [1.807, 2.05) is 0 Å². The van der Waals surface area contributed by atoms with Gasteiger partial charge in [-0.05, 0) is 17.7 Å². The first-order valence-electron chi connectivity index (χ1n) is 3.57. The summed E-state index contributed by atoms with van der Waals surface area (Å²) in [4.78, 5) is 14.5. The van der Waals surface area contributed by atoms with Gasteiger partial charge in [0.05, 0.1) is 5.56 Å². The predicted molar refractivity (Wildman–Crippen MR) is 51.0 cm³/mol. The maximum Gasteiger partial charge on any atom is 0.338 e. The molecule has 1 aromatic heterocycles. The highest BCUT2D eigenvalue weighted by Gasteiger charge is 2.15. The molecule has 4 nitrogen and oxygen atoms in total. The Morgan fingerprint density at radius 1 is 1.43 bits per heavy atom. The molecule has 1 aromatic carbocycles. The number of nitrogens with zero attached hydrogens (tertiary/aromatic N) is 1. The molecule has 14 heavy (non-hydrogen) atoms. The van der Waals surface area contributed by atoms with E-state index in [1.54, 1.807) is 0 Å². The Morgan fingerprint density at radius 3 is 2.79 bits per heavy atom. The van der Waals surface area contributed by atoms with Gasteiger partial charge in [-0.2, -0.15) is 4.98 Å². The summed E-state index contributed by atoms with van der Waals surface area (Å²) in [6.45, 7) is 0. The van der Waals surface area contributed by atoms with Gasteiger partial charge in [0.15, 0.2) is 5.58 Å². The maximum absolute atomic E-state index is 10.8. The SMILES string of the molecule is O=C(O)c1cc(Cl)cc2oc(Cl)nc12. The number of rotatable bonds is 1. The zero-order valence-corrected chi connectivity index (χ0v) is 8.13. The smallest absolute Gasteiger partial charge is 0.338 e. The average Bonchev–Trinajstić information content (AvgIpc) is 2.42. The molecule has 1 N–H and O–H groups in total. The molecule has 1 heterocycles. The molecule has 0 saturated carbocycles. The van der Waals surface area contributed by atoms with Gasteiger partial charge in [-0.25, -0.2) is 4.79 Å². The van der Waals surface area contributed by atoms with Crippen molar-refractivity contribution in [3.05, 3.63) is 28.1 Å². The minimum absolute atomic E-state index is 0.0249. The zero-order valence-electron chi connectivity index (χ0n) is 6.62. The van der Waals surface area contributed by atoms with Gasteiger partial charge >= 0.3 is 5.97 Å². The summed E-state index contributed by atoms with van der Waals surface area (Å²) < 4.78 is 4.95. The summed E-state index contributed by atoms with van der Waals surface area (Å²) in [5.74, 6) is -1.12. The first kappa shape index (κ1) is 9.30. The lowest BCUT2D eigenvalue weighted by atomic mass is 10.2. The third-order valence-corrected chi connectivity index (χ3v) is 2.04. The zero-order chi connectivity index (χ0) is 10.3. The second-order valence-corrected chi connectivity index (χ2v) is 3.33. The molecule has 0 fully saturated rings. The third kappa shape index (κ3) is 1.42. The highest BCUT2D eigenvalue weighted by molar-refractivity contribution is 6.32. The van der Waals surface area contributed by atoms with Crippen molar-refractivity contribution in [1.29, 1.82) is 0 Å². The molecule has 0 unspecified atom stereocenters. The quantitative estimate of drug-likeness (QED) is 0.820. The fourth-order valence-corrected chi connectivity index (χ4v) is 1.51. The lowest BCUT2D eigenvalue weighted by Gasteiger charge is -1.95. The monoisotopic (exact) mass is 231 g/mol. The van der Waals surface area contributed by atoms with Crippen LogP contribution in [0.1, 0.15) is 10.4 Å². The first-order chi connectivity index (χ1) is 6.58. The number of carboxylic acid groups (broad SMARTS) is 1. The van der Waals surface area contributed by atoms with Gasteiger partial charge in [-0.15, -0.1) is 0 Å². The third-order valence-electron chi connectivity index (χ3n) is 1.66. The fourth-order valence-electron chi connectivity index (χ4n) is 1.13. The van der Waals surface area contributed by atoms with E-state index < -0.39 is 5.97 Å². The molecule has 0 aliphatic heterocycles. The largest absolute Gasteiger partial charge is 0.478 e. The molecule has 0 spiro atoms. The highest BCUT2D eigenvalue weighted by Crippen LogP contribution is 2.26. The molecule has 2 rings (SSSR count). The summed E-state index contributed by atoms with van der Waals surface area (Å²) >= 11 is 11.2. The molecular weight excluding hydrogens is 229 g/mol. The Bertz CT molecular complexity index is 521. The molecule has 0 atom stereocenters. The van der Waals surface area contributed by atoms with Gasteiger partial charge in [-0.1, -0.05) is 11.6 Å². The number of oxazole rings is 1. The predicted octanol–water partition coefficient (Wildman–Crippen LogP) is 2.83. The Hall–Kier alpha value is -1.26. The molecule has 0 radical (unpaired) electrons. The maximum atomic E-state index is 10.8. The van der Waals surface area contributed by atoms with Crippen LogP contribution in [-0.4, -0.2) is 16.1 Å². The normalized spacial score (nSPS) is 10.7. The van der Waals surface area contributed by atoms with Crippen molar-refractivity contribution in [2.75, 3.05) is 0 Å². The number of fused-ring (bicyclic) bond motifs is 1. The van der Waals surface area contributed by atoms with E-state index in [0.717, 1.165) is 0 Å². The first-order valence-corrected chi connectivity index (χ1v) is 4.32. The molecule has 6 heteroatoms. The Balaban J connectivity index is 2.85. The van der Waals surface area contributed by atoms with E-state index in [9.17, 15) is 4.79 Å². The van der Waals surface area contributed by atoms with Crippen LogP contribution in [0.5, 0.6) is 0 Å². The van der Waals surface area contributed by atoms with E-state index in [1.165, 1.54) is 12.1 Å². The molecule has 72 valence electrons. The Kier molecular flexibility index (Phi) is 2.09. The Morgan fingerprint density at radius 2 is 2.14 bits per heavy atom. The van der Waals surface area contributed by atoms with Gasteiger partial charge in [0.1, 0.15) is 5.52 Å². The minimum atomic E-state index is -1.12. The highest BCUT2D eigenvalue weighted by atomic mass is 35.5. The van der Waals surface area contributed by atoms with Gasteiger partial charge in [-0.3, -0.25) is 0 Å². The standard InChI is InChI=1S/C8H3Cl2NO3/c9-3-1-4(7(12)13)6-5(2-3)14-8(10)11-6/h1-2H,(H,12,13). The fraction of sp³-hybridized carbons (Fsp3) is 0. The van der Waals surface area contributed by atoms with Crippen molar-refractivity contribution in [3.63, 3.8) is 0 Å². The molecule has 0 bridgehead atoms. The average molecular weight is 232 g/mol. The van der Waals surface area contributed by atoms with Crippen LogP contribution in [0.4, 0.5) is 0 Å². The molecule has 2 aromatic rings. The van der Waals surface area contributed by atoms with Crippen molar-refractivity contribution in [3.8, 4) is 0 Å². The second kappa shape index (κ2) is 3.15. The van der Waals surface area contributed by atoms with Crippen LogP contribution in [0.25, 0.3) is 11.1 Å². The van der Waals surface area contributed by atoms with Gasteiger partial charge in [0, 0.05) is 11.1 Å². The van der Waals surface area contributed by atoms with Crippen molar-refractivity contribution < 1.29 is 14.3 Å². The number of carbonyl (C=O) groups is 1. The van der Waals surface area contributed by atoms with Crippen molar-refractivity contribution in [1.82, 2.24) is 4.98 Å². The molecule has 0 amide bonds. The summed E-state index contributed by atoms with van der Waals surface area (Å²) in [5.41, 5.74) is 0.440. The van der Waals surface area contributed by atoms with E-state index >= 15 is 0 Å². The molecular formula is C8H3Cl2NO3. The second-order valence-electron chi connectivity index (χ2n) is 2.57. The van der Waals surface area contributed by atoms with Crippen LogP contribution in [0.2, 0.25) is 10.4 Å². The topological polar surface area (TPSA) is 63.3 Å². The van der Waals surface area contributed by atoms with E-state index in [-0.39, 0.29) is 27.0 Å². The summed E-state index contributed by atoms with van der Waals surface area (Å²) in [7, 11) is 0. The van der Waals surface area contributed by atoms with Gasteiger partial charge < -0.3 is 9.52 Å². The number of hydrogen-bond donors (Lipinski definition) is 1. The molecule has 0 saturated heterocycles. The van der Waals surface area contributed by atoms with Crippen LogP contribution in [0.15, 0.2) is 16.5 Å². The van der Waals surface area contributed by atoms with Crippen molar-refractivity contribution >= 4 is 40.3 Å². The number of hydrogen-bond acceptors (Lipinski definition) is 3. The summed E-state index contributed by atoms with van der Waals surface area (Å²) in [6, 6.07) is 2.76. The molecule has 0 aliphatic rings. The molecule has 0 aliphatic carbocycles. The van der Waals surface area contributed by atoms with Crippen LogP contribution in [0.3, 0.4) is 0 Å². The number of aromatic carboxylic acids is 1.